The first kappa shape index (κ1) is 16.8. The van der Waals surface area contributed by atoms with E-state index in [2.05, 4.69) is 20.9 Å². The largest absolute Gasteiger partial charge is 0.504 e. The molecule has 0 spiro atoms. The summed E-state index contributed by atoms with van der Waals surface area (Å²) in [6, 6.07) is 11.0. The van der Waals surface area contributed by atoms with Crippen LogP contribution in [0.1, 0.15) is 11.1 Å². The molecule has 4 aromatic rings. The van der Waals surface area contributed by atoms with Gasteiger partial charge in [0.15, 0.2) is 16.5 Å². The molecule has 4 rings (SSSR count). The summed E-state index contributed by atoms with van der Waals surface area (Å²) in [6.45, 7) is 2.02. The van der Waals surface area contributed by atoms with E-state index in [-0.39, 0.29) is 17.1 Å². The Bertz CT molecular complexity index is 1220. The van der Waals surface area contributed by atoms with E-state index in [0.717, 1.165) is 11.3 Å². The first-order valence-corrected chi connectivity index (χ1v) is 9.35. The number of hydrogen-bond acceptors (Lipinski definition) is 5. The van der Waals surface area contributed by atoms with Crippen LogP contribution in [0.3, 0.4) is 0 Å². The van der Waals surface area contributed by atoms with Crippen LogP contribution in [0.25, 0.3) is 22.3 Å². The Labute approximate surface area is 160 Å². The Balaban J connectivity index is 1.81. The van der Waals surface area contributed by atoms with Crippen molar-refractivity contribution in [1.82, 2.24) is 9.38 Å². The summed E-state index contributed by atoms with van der Waals surface area (Å²) in [4.78, 5) is 17.8. The number of thiazole rings is 1. The van der Waals surface area contributed by atoms with Gasteiger partial charge in [-0.3, -0.25) is 9.20 Å². The molecule has 5 nitrogen and oxygen atoms in total. The third-order valence-electron chi connectivity index (χ3n) is 4.02. The number of aromatic nitrogens is 2. The molecular weight excluding hydrogens is 416 g/mol. The number of imidazole rings is 1. The van der Waals surface area contributed by atoms with Crippen molar-refractivity contribution in [3.63, 3.8) is 0 Å². The molecule has 0 aliphatic carbocycles. The van der Waals surface area contributed by atoms with Crippen LogP contribution in [0.15, 0.2) is 51.9 Å². The Morgan fingerprint density at radius 1 is 1.19 bits per heavy atom. The molecule has 2 aromatic carbocycles. The summed E-state index contributed by atoms with van der Waals surface area (Å²) in [5.74, 6) is -0.478. The van der Waals surface area contributed by atoms with Crippen LogP contribution in [0, 0.1) is 6.92 Å². The Morgan fingerprint density at radius 3 is 2.58 bits per heavy atom. The predicted molar refractivity (Wildman–Crippen MR) is 106 cm³/mol. The van der Waals surface area contributed by atoms with E-state index in [4.69, 9.17) is 0 Å². The van der Waals surface area contributed by atoms with E-state index < -0.39 is 0 Å². The van der Waals surface area contributed by atoms with Gasteiger partial charge in [-0.25, -0.2) is 4.98 Å². The van der Waals surface area contributed by atoms with E-state index in [1.54, 1.807) is 18.3 Å². The van der Waals surface area contributed by atoms with Gasteiger partial charge in [0.1, 0.15) is 0 Å². The Morgan fingerprint density at radius 2 is 1.92 bits per heavy atom. The fraction of sp³-hybridized carbons (Fsp3) is 0.0526. The summed E-state index contributed by atoms with van der Waals surface area (Å²) < 4.78 is 2.39. The quantitative estimate of drug-likeness (QED) is 0.479. The standard InChI is InChI=1S/C19H13BrN2O3S/c1-10-2-4-12(5-3-10)14-9-22-18(25)16(26-19(22)21-14)8-11-6-13(20)17(24)15(23)7-11/h2-9,23-24H,1H3/b16-8-. The molecule has 0 atom stereocenters. The lowest BCUT2D eigenvalue weighted by molar-refractivity contribution is 0.401. The number of nitrogens with zero attached hydrogens (tertiary/aromatic N) is 2. The average molecular weight is 429 g/mol. The van der Waals surface area contributed by atoms with Gasteiger partial charge in [0.25, 0.3) is 5.56 Å². The summed E-state index contributed by atoms with van der Waals surface area (Å²) in [5.41, 5.74) is 3.32. The average Bonchev–Trinajstić information content (AvgIpc) is 3.13. The third-order valence-corrected chi connectivity index (χ3v) is 5.60. The van der Waals surface area contributed by atoms with E-state index in [9.17, 15) is 15.0 Å². The maximum Gasteiger partial charge on any atom is 0.274 e. The van der Waals surface area contributed by atoms with Crippen molar-refractivity contribution in [1.29, 1.82) is 0 Å². The van der Waals surface area contributed by atoms with Gasteiger partial charge in [0, 0.05) is 11.8 Å². The highest BCUT2D eigenvalue weighted by Gasteiger charge is 2.11. The first-order valence-electron chi connectivity index (χ1n) is 7.74. The van der Waals surface area contributed by atoms with Gasteiger partial charge in [0.05, 0.1) is 14.7 Å². The Kier molecular flexibility index (Phi) is 4.05. The highest BCUT2D eigenvalue weighted by atomic mass is 79.9. The highest BCUT2D eigenvalue weighted by molar-refractivity contribution is 9.10. The molecule has 7 heteroatoms. The van der Waals surface area contributed by atoms with Gasteiger partial charge in [-0.2, -0.15) is 0 Å². The number of halogens is 1. The number of hydrogen-bond donors (Lipinski definition) is 2. The van der Waals surface area contributed by atoms with Gasteiger partial charge < -0.3 is 10.2 Å². The summed E-state index contributed by atoms with van der Waals surface area (Å²) in [7, 11) is 0. The van der Waals surface area contributed by atoms with Gasteiger partial charge in [-0.15, -0.1) is 0 Å². The Hall–Kier alpha value is -2.64. The van der Waals surface area contributed by atoms with Gasteiger partial charge in [-0.05, 0) is 46.6 Å². The minimum absolute atomic E-state index is 0.167. The fourth-order valence-electron chi connectivity index (χ4n) is 2.64. The fourth-order valence-corrected chi connectivity index (χ4v) is 4.06. The first-order chi connectivity index (χ1) is 12.4. The van der Waals surface area contributed by atoms with Gasteiger partial charge in [-0.1, -0.05) is 41.2 Å². The molecule has 0 radical (unpaired) electrons. The van der Waals surface area contributed by atoms with Crippen LogP contribution in [0.5, 0.6) is 11.5 Å². The SMILES string of the molecule is Cc1ccc(-c2cn3c(=O)/c(=C/c4cc(O)c(O)c(Br)c4)sc3n2)cc1. The molecule has 2 aromatic heterocycles. The van der Waals surface area contributed by atoms with Crippen molar-refractivity contribution in [3.8, 4) is 22.8 Å². The van der Waals surface area contributed by atoms with Gasteiger partial charge in [0.2, 0.25) is 0 Å². The van der Waals surface area contributed by atoms with Gasteiger partial charge >= 0.3 is 0 Å². The number of aryl methyl sites for hydroxylation is 1. The molecule has 0 aliphatic heterocycles. The number of phenolic OH excluding ortho intramolecular Hbond substituents is 2. The maximum atomic E-state index is 12.6. The van der Waals surface area contributed by atoms with Crippen LogP contribution in [-0.2, 0) is 0 Å². The molecule has 0 unspecified atom stereocenters. The van der Waals surface area contributed by atoms with Crippen LogP contribution < -0.4 is 10.1 Å². The molecule has 130 valence electrons. The predicted octanol–water partition coefficient (Wildman–Crippen LogP) is 3.45. The second kappa shape index (κ2) is 6.26. The minimum Gasteiger partial charge on any atom is -0.504 e. The third kappa shape index (κ3) is 2.89. The molecule has 0 bridgehead atoms. The molecule has 0 saturated heterocycles. The van der Waals surface area contributed by atoms with Crippen molar-refractivity contribution in [2.75, 3.05) is 0 Å². The topological polar surface area (TPSA) is 74.8 Å². The smallest absolute Gasteiger partial charge is 0.274 e. The van der Waals surface area contributed by atoms with E-state index >= 15 is 0 Å². The van der Waals surface area contributed by atoms with Crippen LogP contribution in [-0.4, -0.2) is 19.6 Å². The summed E-state index contributed by atoms with van der Waals surface area (Å²) >= 11 is 4.45. The zero-order chi connectivity index (χ0) is 18.4. The summed E-state index contributed by atoms with van der Waals surface area (Å²) in [5, 5.41) is 19.3. The van der Waals surface area contributed by atoms with E-state index in [1.165, 1.54) is 27.4 Å². The lowest BCUT2D eigenvalue weighted by atomic mass is 10.1. The molecule has 0 aliphatic rings. The van der Waals surface area contributed by atoms with Crippen LogP contribution in [0.4, 0.5) is 0 Å². The molecule has 0 amide bonds. The van der Waals surface area contributed by atoms with Crippen molar-refractivity contribution in [2.45, 2.75) is 6.92 Å². The zero-order valence-corrected chi connectivity index (χ0v) is 16.0. The molecule has 2 N–H and O–H groups in total. The second-order valence-corrected chi connectivity index (χ2v) is 7.79. The van der Waals surface area contributed by atoms with Crippen molar-refractivity contribution < 1.29 is 10.2 Å². The lowest BCUT2D eigenvalue weighted by Gasteiger charge is -2.01. The molecule has 2 heterocycles. The van der Waals surface area contributed by atoms with E-state index in [0.29, 0.717) is 19.5 Å². The zero-order valence-electron chi connectivity index (χ0n) is 13.6. The van der Waals surface area contributed by atoms with Crippen LogP contribution in [0.2, 0.25) is 0 Å². The normalized spacial score (nSPS) is 12.2. The molecule has 0 saturated carbocycles. The maximum absolute atomic E-state index is 12.6. The number of aromatic hydroxyl groups is 2. The van der Waals surface area contributed by atoms with Crippen LogP contribution >= 0.6 is 27.3 Å². The summed E-state index contributed by atoms with van der Waals surface area (Å²) in [6.07, 6.45) is 3.40. The van der Waals surface area contributed by atoms with Crippen molar-refractivity contribution in [3.05, 3.63) is 73.1 Å². The monoisotopic (exact) mass is 428 g/mol. The number of fused-ring (bicyclic) bond motifs is 1. The second-order valence-electron chi connectivity index (χ2n) is 5.93. The number of phenols is 2. The molecular formula is C19H13BrN2O3S. The molecule has 26 heavy (non-hydrogen) atoms. The highest BCUT2D eigenvalue weighted by Crippen LogP contribution is 2.34. The van der Waals surface area contributed by atoms with Crippen molar-refractivity contribution in [2.24, 2.45) is 0 Å². The number of rotatable bonds is 2. The number of benzene rings is 2. The van der Waals surface area contributed by atoms with Crippen molar-refractivity contribution >= 4 is 38.3 Å². The molecule has 0 fully saturated rings. The lowest BCUT2D eigenvalue weighted by Crippen LogP contribution is -2.22. The minimum atomic E-state index is -0.249. The van der Waals surface area contributed by atoms with E-state index in [1.807, 2.05) is 31.2 Å².